The summed E-state index contributed by atoms with van der Waals surface area (Å²) in [6.07, 6.45) is 0.974. The Morgan fingerprint density at radius 1 is 1.04 bits per heavy atom. The fourth-order valence-corrected chi connectivity index (χ4v) is 2.23. The number of halogens is 1. The van der Waals surface area contributed by atoms with Crippen molar-refractivity contribution in [1.29, 1.82) is 0 Å². The first-order valence-electron chi connectivity index (χ1n) is 7.43. The molecule has 0 aliphatic heterocycles. The Balaban J connectivity index is 1.73. The normalized spacial score (nSPS) is 10.2. The number of benzene rings is 2. The molecule has 23 heavy (non-hydrogen) atoms. The summed E-state index contributed by atoms with van der Waals surface area (Å²) in [7, 11) is 1.75. The van der Waals surface area contributed by atoms with Crippen molar-refractivity contribution in [3.05, 3.63) is 65.2 Å². The van der Waals surface area contributed by atoms with Crippen LogP contribution in [0, 0.1) is 0 Å². The second-order valence-corrected chi connectivity index (χ2v) is 5.59. The van der Waals surface area contributed by atoms with Crippen LogP contribution in [0.3, 0.4) is 0 Å². The molecule has 1 N–H and O–H groups in total. The Kier molecular flexibility index (Phi) is 6.18. The molecule has 0 aromatic heterocycles. The number of nitrogens with one attached hydrogen (secondary N) is 1. The van der Waals surface area contributed by atoms with Crippen molar-refractivity contribution >= 4 is 29.1 Å². The van der Waals surface area contributed by atoms with Crippen LogP contribution in [0.25, 0.3) is 0 Å². The molecule has 0 saturated carbocycles. The van der Waals surface area contributed by atoms with Gasteiger partial charge in [0.15, 0.2) is 0 Å². The number of amides is 2. The van der Waals surface area contributed by atoms with Gasteiger partial charge in [0.25, 0.3) is 5.91 Å². The first kappa shape index (κ1) is 17.0. The quantitative estimate of drug-likeness (QED) is 0.824. The SMILES string of the molecule is CN(C(=O)CCCNC(=O)c1ccc(Cl)cc1)c1ccccc1. The van der Waals surface area contributed by atoms with E-state index in [0.29, 0.717) is 30.0 Å². The minimum absolute atomic E-state index is 0.0249. The van der Waals surface area contributed by atoms with Crippen LogP contribution in [0.5, 0.6) is 0 Å². The van der Waals surface area contributed by atoms with Crippen molar-refractivity contribution < 1.29 is 9.59 Å². The van der Waals surface area contributed by atoms with Crippen molar-refractivity contribution in [2.75, 3.05) is 18.5 Å². The van der Waals surface area contributed by atoms with Crippen LogP contribution < -0.4 is 10.2 Å². The molecule has 0 fully saturated rings. The number of hydrogen-bond acceptors (Lipinski definition) is 2. The van der Waals surface area contributed by atoms with Crippen LogP contribution in [0.15, 0.2) is 54.6 Å². The standard InChI is InChI=1S/C18H19ClN2O2/c1-21(16-6-3-2-4-7-16)17(22)8-5-13-20-18(23)14-9-11-15(19)12-10-14/h2-4,6-7,9-12H,5,8,13H2,1H3,(H,20,23). The largest absolute Gasteiger partial charge is 0.352 e. The van der Waals surface area contributed by atoms with Gasteiger partial charge in [-0.2, -0.15) is 0 Å². The molecule has 0 radical (unpaired) electrons. The lowest BCUT2D eigenvalue weighted by Crippen LogP contribution is -2.28. The summed E-state index contributed by atoms with van der Waals surface area (Å²) in [5, 5.41) is 3.39. The highest BCUT2D eigenvalue weighted by molar-refractivity contribution is 6.30. The molecule has 2 rings (SSSR count). The molecule has 0 atom stereocenters. The molecular weight excluding hydrogens is 312 g/mol. The van der Waals surface area contributed by atoms with E-state index >= 15 is 0 Å². The highest BCUT2D eigenvalue weighted by Crippen LogP contribution is 2.12. The molecule has 4 nitrogen and oxygen atoms in total. The highest BCUT2D eigenvalue weighted by Gasteiger charge is 2.10. The minimum Gasteiger partial charge on any atom is -0.352 e. The summed E-state index contributed by atoms with van der Waals surface area (Å²) >= 11 is 5.78. The molecule has 0 aliphatic carbocycles. The van der Waals surface area contributed by atoms with Gasteiger partial charge in [0.05, 0.1) is 0 Å². The summed E-state index contributed by atoms with van der Waals surface area (Å²) in [6, 6.07) is 16.2. The maximum Gasteiger partial charge on any atom is 0.251 e. The first-order chi connectivity index (χ1) is 11.1. The van der Waals surface area contributed by atoms with Crippen molar-refractivity contribution in [2.45, 2.75) is 12.8 Å². The van der Waals surface area contributed by atoms with Gasteiger partial charge in [-0.15, -0.1) is 0 Å². The van der Waals surface area contributed by atoms with Crippen LogP contribution in [0.2, 0.25) is 5.02 Å². The van der Waals surface area contributed by atoms with Gasteiger partial charge in [-0.25, -0.2) is 0 Å². The number of para-hydroxylation sites is 1. The van der Waals surface area contributed by atoms with Crippen LogP contribution in [0.4, 0.5) is 5.69 Å². The van der Waals surface area contributed by atoms with Gasteiger partial charge in [-0.1, -0.05) is 29.8 Å². The van der Waals surface area contributed by atoms with Crippen molar-refractivity contribution in [2.24, 2.45) is 0 Å². The fourth-order valence-electron chi connectivity index (χ4n) is 2.11. The number of carbonyl (C=O) groups is 2. The second kappa shape index (κ2) is 8.34. The summed E-state index contributed by atoms with van der Waals surface area (Å²) in [6.45, 7) is 0.454. The Labute approximate surface area is 141 Å². The lowest BCUT2D eigenvalue weighted by molar-refractivity contribution is -0.118. The summed E-state index contributed by atoms with van der Waals surface area (Å²) in [5.74, 6) is -0.137. The van der Waals surface area contributed by atoms with Gasteiger partial charge < -0.3 is 10.2 Å². The van der Waals surface area contributed by atoms with E-state index < -0.39 is 0 Å². The van der Waals surface area contributed by atoms with Crippen LogP contribution in [-0.4, -0.2) is 25.4 Å². The number of rotatable bonds is 6. The smallest absolute Gasteiger partial charge is 0.251 e. The van der Waals surface area contributed by atoms with E-state index in [1.807, 2.05) is 30.3 Å². The Bertz CT molecular complexity index is 656. The monoisotopic (exact) mass is 330 g/mol. The maximum atomic E-state index is 12.1. The van der Waals surface area contributed by atoms with Gasteiger partial charge in [-0.3, -0.25) is 9.59 Å². The van der Waals surface area contributed by atoms with Crippen LogP contribution >= 0.6 is 11.6 Å². The van der Waals surface area contributed by atoms with Gasteiger partial charge in [-0.05, 0) is 42.8 Å². The van der Waals surface area contributed by atoms with E-state index in [1.54, 1.807) is 36.2 Å². The predicted octanol–water partition coefficient (Wildman–Crippen LogP) is 3.51. The average Bonchev–Trinajstić information content (AvgIpc) is 2.59. The molecule has 120 valence electrons. The number of anilines is 1. The van der Waals surface area contributed by atoms with E-state index in [4.69, 9.17) is 11.6 Å². The van der Waals surface area contributed by atoms with Gasteiger partial charge in [0, 0.05) is 36.3 Å². The van der Waals surface area contributed by atoms with Crippen molar-refractivity contribution in [1.82, 2.24) is 5.32 Å². The minimum atomic E-state index is -0.162. The van der Waals surface area contributed by atoms with Crippen LogP contribution in [-0.2, 0) is 4.79 Å². The van der Waals surface area contributed by atoms with Gasteiger partial charge >= 0.3 is 0 Å². The first-order valence-corrected chi connectivity index (χ1v) is 7.81. The van der Waals surface area contributed by atoms with Gasteiger partial charge in [0.1, 0.15) is 0 Å². The second-order valence-electron chi connectivity index (χ2n) is 5.15. The fraction of sp³-hybridized carbons (Fsp3) is 0.222. The number of hydrogen-bond donors (Lipinski definition) is 1. The Morgan fingerprint density at radius 3 is 2.35 bits per heavy atom. The van der Waals surface area contributed by atoms with Crippen molar-refractivity contribution in [3.8, 4) is 0 Å². The van der Waals surface area contributed by atoms with E-state index in [0.717, 1.165) is 5.69 Å². The molecule has 0 heterocycles. The molecule has 0 unspecified atom stereocenters. The third-order valence-corrected chi connectivity index (χ3v) is 3.73. The predicted molar refractivity (Wildman–Crippen MR) is 92.9 cm³/mol. The van der Waals surface area contributed by atoms with Crippen molar-refractivity contribution in [3.63, 3.8) is 0 Å². The number of nitrogens with zero attached hydrogens (tertiary/aromatic N) is 1. The summed E-state index contributed by atoms with van der Waals surface area (Å²) < 4.78 is 0. The van der Waals surface area contributed by atoms with E-state index in [1.165, 1.54) is 0 Å². The number of carbonyl (C=O) groups excluding carboxylic acids is 2. The molecule has 0 saturated heterocycles. The summed E-state index contributed by atoms with van der Waals surface area (Å²) in [4.78, 5) is 25.6. The van der Waals surface area contributed by atoms with Crippen LogP contribution in [0.1, 0.15) is 23.2 Å². The zero-order valence-electron chi connectivity index (χ0n) is 13.0. The maximum absolute atomic E-state index is 12.1. The van der Waals surface area contributed by atoms with E-state index in [2.05, 4.69) is 5.32 Å². The zero-order valence-corrected chi connectivity index (χ0v) is 13.7. The average molecular weight is 331 g/mol. The summed E-state index contributed by atoms with van der Waals surface area (Å²) in [5.41, 5.74) is 1.42. The lowest BCUT2D eigenvalue weighted by atomic mass is 10.2. The third-order valence-electron chi connectivity index (χ3n) is 3.48. The van der Waals surface area contributed by atoms with E-state index in [-0.39, 0.29) is 11.8 Å². The molecule has 2 aromatic carbocycles. The zero-order chi connectivity index (χ0) is 16.7. The molecule has 0 spiro atoms. The molecule has 2 aromatic rings. The lowest BCUT2D eigenvalue weighted by Gasteiger charge is -2.17. The molecule has 0 bridgehead atoms. The van der Waals surface area contributed by atoms with E-state index in [9.17, 15) is 9.59 Å². The Morgan fingerprint density at radius 2 is 1.70 bits per heavy atom. The molecule has 2 amide bonds. The molecule has 0 aliphatic rings. The topological polar surface area (TPSA) is 49.4 Å². The Hall–Kier alpha value is -2.33. The molecule has 5 heteroatoms. The van der Waals surface area contributed by atoms with Gasteiger partial charge in [0.2, 0.25) is 5.91 Å². The molecular formula is C18H19ClN2O2. The highest BCUT2D eigenvalue weighted by atomic mass is 35.5. The third kappa shape index (κ3) is 5.11.